The van der Waals surface area contributed by atoms with Crippen molar-refractivity contribution < 1.29 is 4.42 Å². The molecule has 0 aliphatic rings. The number of furan rings is 1. The van der Waals surface area contributed by atoms with Crippen LogP contribution in [0.15, 0.2) is 192 Å². The van der Waals surface area contributed by atoms with E-state index in [0.717, 1.165) is 39.0 Å². The monoisotopic (exact) mass is 637 g/mol. The van der Waals surface area contributed by atoms with Gasteiger partial charge in [-0.2, -0.15) is 0 Å². The molecule has 0 unspecified atom stereocenters. The van der Waals surface area contributed by atoms with Gasteiger partial charge in [0, 0.05) is 16.8 Å². The smallest absolute Gasteiger partial charge is 0.137 e. The molecule has 234 valence electrons. The van der Waals surface area contributed by atoms with Gasteiger partial charge in [0.2, 0.25) is 0 Å². The summed E-state index contributed by atoms with van der Waals surface area (Å²) in [4.78, 5) is 2.35. The van der Waals surface area contributed by atoms with E-state index >= 15 is 0 Å². The Balaban J connectivity index is 1.12. The highest BCUT2D eigenvalue weighted by Crippen LogP contribution is 2.44. The molecule has 1 heterocycles. The fourth-order valence-corrected chi connectivity index (χ4v) is 7.70. The normalized spacial score (nSPS) is 11.6. The first-order valence-corrected chi connectivity index (χ1v) is 17.1. The van der Waals surface area contributed by atoms with Crippen molar-refractivity contribution in [2.75, 3.05) is 4.90 Å². The van der Waals surface area contributed by atoms with Crippen molar-refractivity contribution in [2.45, 2.75) is 0 Å². The van der Waals surface area contributed by atoms with Crippen molar-refractivity contribution >= 4 is 71.3 Å². The predicted octanol–water partition coefficient (Wildman–Crippen LogP) is 13.8. The standard InChI is InChI=1S/C48H31NO/c1-2-10-32(11-3-1)33-20-25-36(26-21-33)49(45-17-9-19-47-48(45)44-14-6-7-18-46(44)50-47)37-27-22-35(23-28-37)39-15-8-16-40-41(39)30-31-42-38-13-5-4-12-34(38)24-29-43(40)42/h1-31H. The topological polar surface area (TPSA) is 16.4 Å². The quantitative estimate of drug-likeness (QED) is 0.175. The Morgan fingerprint density at radius 2 is 0.880 bits per heavy atom. The third kappa shape index (κ3) is 4.57. The zero-order valence-electron chi connectivity index (χ0n) is 27.3. The molecule has 50 heavy (non-hydrogen) atoms. The summed E-state index contributed by atoms with van der Waals surface area (Å²) in [6.45, 7) is 0. The summed E-state index contributed by atoms with van der Waals surface area (Å²) in [5.41, 5.74) is 9.81. The van der Waals surface area contributed by atoms with Gasteiger partial charge in [0.05, 0.1) is 11.1 Å². The highest BCUT2D eigenvalue weighted by atomic mass is 16.3. The number of anilines is 3. The van der Waals surface area contributed by atoms with Crippen LogP contribution in [0.5, 0.6) is 0 Å². The van der Waals surface area contributed by atoms with Gasteiger partial charge in [0.25, 0.3) is 0 Å². The molecule has 1 aromatic heterocycles. The number of rotatable bonds is 5. The van der Waals surface area contributed by atoms with E-state index in [1.165, 1.54) is 54.6 Å². The molecule has 10 rings (SSSR count). The van der Waals surface area contributed by atoms with Crippen molar-refractivity contribution in [3.63, 3.8) is 0 Å². The first-order chi connectivity index (χ1) is 24.8. The van der Waals surface area contributed by atoms with Crippen molar-refractivity contribution in [2.24, 2.45) is 0 Å². The van der Waals surface area contributed by atoms with Crippen molar-refractivity contribution in [3.05, 3.63) is 188 Å². The fourth-order valence-electron chi connectivity index (χ4n) is 7.70. The first-order valence-electron chi connectivity index (χ1n) is 17.1. The van der Waals surface area contributed by atoms with Crippen LogP contribution in [-0.4, -0.2) is 0 Å². The number of fused-ring (bicyclic) bond motifs is 8. The molecule has 2 nitrogen and oxygen atoms in total. The van der Waals surface area contributed by atoms with Crippen molar-refractivity contribution in [1.82, 2.24) is 0 Å². The fraction of sp³-hybridized carbons (Fsp3) is 0. The Hall–Kier alpha value is -6.64. The summed E-state index contributed by atoms with van der Waals surface area (Å²) in [6.07, 6.45) is 0. The van der Waals surface area contributed by atoms with Crippen LogP contribution in [0.1, 0.15) is 0 Å². The summed E-state index contributed by atoms with van der Waals surface area (Å²) in [5.74, 6) is 0. The maximum absolute atomic E-state index is 6.34. The van der Waals surface area contributed by atoms with Gasteiger partial charge in [0.1, 0.15) is 11.2 Å². The lowest BCUT2D eigenvalue weighted by Crippen LogP contribution is -2.10. The summed E-state index contributed by atoms with van der Waals surface area (Å²) < 4.78 is 6.34. The summed E-state index contributed by atoms with van der Waals surface area (Å²) in [6, 6.07) is 67.5. The zero-order chi connectivity index (χ0) is 33.0. The number of benzene rings is 9. The Labute approximate surface area is 290 Å². The molecule has 0 aliphatic carbocycles. The minimum atomic E-state index is 0.877. The molecule has 0 aliphatic heterocycles. The van der Waals surface area contributed by atoms with E-state index < -0.39 is 0 Å². The van der Waals surface area contributed by atoms with E-state index in [0.29, 0.717) is 0 Å². The van der Waals surface area contributed by atoms with Gasteiger partial charge in [-0.15, -0.1) is 0 Å². The molecule has 0 N–H and O–H groups in total. The first kappa shape index (κ1) is 28.4. The van der Waals surface area contributed by atoms with Crippen LogP contribution in [0.3, 0.4) is 0 Å². The van der Waals surface area contributed by atoms with Gasteiger partial charge in [-0.05, 0) is 97.0 Å². The number of hydrogen-bond acceptors (Lipinski definition) is 2. The number of para-hydroxylation sites is 1. The predicted molar refractivity (Wildman–Crippen MR) is 212 cm³/mol. The van der Waals surface area contributed by atoms with Crippen LogP contribution in [0.25, 0.3) is 76.5 Å². The van der Waals surface area contributed by atoms with Crippen LogP contribution in [0.4, 0.5) is 17.1 Å². The molecule has 2 heteroatoms. The molecular weight excluding hydrogens is 607 g/mol. The second kappa shape index (κ2) is 11.5. The minimum absolute atomic E-state index is 0.877. The molecule has 10 aromatic rings. The van der Waals surface area contributed by atoms with E-state index in [1.54, 1.807) is 0 Å². The number of hydrogen-bond donors (Lipinski definition) is 0. The SMILES string of the molecule is c1ccc(-c2ccc(N(c3ccc(-c4cccc5c4ccc4c6ccccc6ccc54)cc3)c3cccc4oc5ccccc5c34)cc2)cc1. The molecule has 0 fully saturated rings. The largest absolute Gasteiger partial charge is 0.456 e. The van der Waals surface area contributed by atoms with E-state index in [-0.39, 0.29) is 0 Å². The summed E-state index contributed by atoms with van der Waals surface area (Å²) >= 11 is 0. The van der Waals surface area contributed by atoms with Gasteiger partial charge in [0.15, 0.2) is 0 Å². The van der Waals surface area contributed by atoms with Crippen molar-refractivity contribution in [3.8, 4) is 22.3 Å². The number of nitrogens with zero attached hydrogens (tertiary/aromatic N) is 1. The molecule has 0 saturated heterocycles. The Morgan fingerprint density at radius 1 is 0.320 bits per heavy atom. The van der Waals surface area contributed by atoms with E-state index in [1.807, 2.05) is 12.1 Å². The molecule has 9 aromatic carbocycles. The second-order valence-corrected chi connectivity index (χ2v) is 12.9. The van der Waals surface area contributed by atoms with Crippen LogP contribution in [0, 0.1) is 0 Å². The van der Waals surface area contributed by atoms with Crippen LogP contribution >= 0.6 is 0 Å². The van der Waals surface area contributed by atoms with Crippen LogP contribution in [-0.2, 0) is 0 Å². The van der Waals surface area contributed by atoms with Gasteiger partial charge in [-0.3, -0.25) is 0 Å². The third-order valence-corrected chi connectivity index (χ3v) is 10.1. The van der Waals surface area contributed by atoms with Gasteiger partial charge >= 0.3 is 0 Å². The zero-order valence-corrected chi connectivity index (χ0v) is 27.3. The van der Waals surface area contributed by atoms with Crippen molar-refractivity contribution in [1.29, 1.82) is 0 Å². The Bertz CT molecular complexity index is 2850. The summed E-state index contributed by atoms with van der Waals surface area (Å²) in [7, 11) is 0. The van der Waals surface area contributed by atoms with E-state index in [4.69, 9.17) is 4.42 Å². The maximum atomic E-state index is 6.34. The Kier molecular flexibility index (Phi) is 6.53. The Morgan fingerprint density at radius 3 is 1.70 bits per heavy atom. The third-order valence-electron chi connectivity index (χ3n) is 10.1. The lowest BCUT2D eigenvalue weighted by molar-refractivity contribution is 0.669. The molecular formula is C48H31NO. The molecule has 0 radical (unpaired) electrons. The lowest BCUT2D eigenvalue weighted by Gasteiger charge is -2.26. The molecule has 0 atom stereocenters. The second-order valence-electron chi connectivity index (χ2n) is 12.9. The van der Waals surface area contributed by atoms with Crippen LogP contribution in [0.2, 0.25) is 0 Å². The molecule has 0 saturated carbocycles. The molecule has 0 spiro atoms. The van der Waals surface area contributed by atoms with E-state index in [9.17, 15) is 0 Å². The molecule has 0 bridgehead atoms. The van der Waals surface area contributed by atoms with Gasteiger partial charge in [-0.1, -0.05) is 146 Å². The average Bonchev–Trinajstić information content (AvgIpc) is 3.58. The maximum Gasteiger partial charge on any atom is 0.137 e. The van der Waals surface area contributed by atoms with Gasteiger partial charge in [-0.25, -0.2) is 0 Å². The van der Waals surface area contributed by atoms with Crippen LogP contribution < -0.4 is 4.90 Å². The minimum Gasteiger partial charge on any atom is -0.456 e. The summed E-state index contributed by atoms with van der Waals surface area (Å²) in [5, 5.41) is 9.87. The molecule has 0 amide bonds. The average molecular weight is 638 g/mol. The highest BCUT2D eigenvalue weighted by molar-refractivity contribution is 6.19. The van der Waals surface area contributed by atoms with Gasteiger partial charge < -0.3 is 9.32 Å². The highest BCUT2D eigenvalue weighted by Gasteiger charge is 2.20. The lowest BCUT2D eigenvalue weighted by atomic mass is 9.92. The van der Waals surface area contributed by atoms with E-state index in [2.05, 4.69) is 181 Å².